The van der Waals surface area contributed by atoms with E-state index in [1.54, 1.807) is 11.5 Å². The largest absolute Gasteiger partial charge is 0.334 e. The van der Waals surface area contributed by atoms with Gasteiger partial charge < -0.3 is 9.88 Å². The molecule has 1 aromatic carbocycles. The molecular weight excluding hydrogens is 268 g/mol. The number of anilines is 1. The third-order valence-corrected chi connectivity index (χ3v) is 3.76. The van der Waals surface area contributed by atoms with E-state index in [4.69, 9.17) is 5.21 Å². The molecular formula is C15H18N4O2. The van der Waals surface area contributed by atoms with E-state index in [1.807, 2.05) is 18.3 Å². The zero-order valence-electron chi connectivity index (χ0n) is 11.9. The first-order valence-electron chi connectivity index (χ1n) is 7.07. The normalized spacial score (nSPS) is 13.3. The number of carbonyl (C=O) groups is 1. The van der Waals surface area contributed by atoms with Gasteiger partial charge in [-0.2, -0.15) is 0 Å². The fraction of sp³-hybridized carbons (Fsp3) is 0.333. The van der Waals surface area contributed by atoms with Crippen molar-refractivity contribution in [3.05, 3.63) is 46.8 Å². The van der Waals surface area contributed by atoms with Gasteiger partial charge >= 0.3 is 0 Å². The van der Waals surface area contributed by atoms with E-state index in [2.05, 4.69) is 21.8 Å². The van der Waals surface area contributed by atoms with Gasteiger partial charge in [-0.15, -0.1) is 0 Å². The van der Waals surface area contributed by atoms with Crippen molar-refractivity contribution in [3.63, 3.8) is 0 Å². The number of carbonyl (C=O) groups excluding carboxylic acids is 1. The molecule has 6 heteroatoms. The molecule has 2 aromatic rings. The minimum atomic E-state index is -0.472. The first-order valence-corrected chi connectivity index (χ1v) is 7.07. The molecule has 110 valence electrons. The molecule has 0 radical (unpaired) electrons. The summed E-state index contributed by atoms with van der Waals surface area (Å²) >= 11 is 0. The van der Waals surface area contributed by atoms with Gasteiger partial charge in [0.05, 0.1) is 6.20 Å². The number of hydrogen-bond donors (Lipinski definition) is 3. The Morgan fingerprint density at radius 2 is 2.33 bits per heavy atom. The van der Waals surface area contributed by atoms with Gasteiger partial charge in [-0.3, -0.25) is 10.0 Å². The summed E-state index contributed by atoms with van der Waals surface area (Å²) in [7, 11) is 0. The van der Waals surface area contributed by atoms with E-state index in [0.29, 0.717) is 18.7 Å². The lowest BCUT2D eigenvalue weighted by molar-refractivity contribution is 0.0705. The van der Waals surface area contributed by atoms with E-state index in [9.17, 15) is 4.79 Å². The van der Waals surface area contributed by atoms with Gasteiger partial charge in [-0.05, 0) is 23.6 Å². The summed E-state index contributed by atoms with van der Waals surface area (Å²) in [5, 5.41) is 8.83. The Bertz CT molecular complexity index is 665. The van der Waals surface area contributed by atoms with Crippen LogP contribution in [-0.4, -0.2) is 21.1 Å². The molecule has 1 aromatic heterocycles. The molecule has 3 N–H and O–H groups in total. The molecule has 0 saturated heterocycles. The highest BCUT2D eigenvalue weighted by Gasteiger charge is 2.25. The highest BCUT2D eigenvalue weighted by atomic mass is 16.5. The summed E-state index contributed by atoms with van der Waals surface area (Å²) < 4.78 is 0. The van der Waals surface area contributed by atoms with Crippen LogP contribution in [0.3, 0.4) is 0 Å². The first-order chi connectivity index (χ1) is 10.2. The molecule has 0 aliphatic carbocycles. The van der Waals surface area contributed by atoms with Crippen LogP contribution in [0.5, 0.6) is 0 Å². The number of benzene rings is 1. The van der Waals surface area contributed by atoms with Crippen LogP contribution in [0.15, 0.2) is 24.4 Å². The van der Waals surface area contributed by atoms with Gasteiger partial charge in [-0.25, -0.2) is 10.5 Å². The van der Waals surface area contributed by atoms with Crippen molar-refractivity contribution in [3.8, 4) is 0 Å². The fourth-order valence-corrected chi connectivity index (χ4v) is 2.75. The zero-order valence-corrected chi connectivity index (χ0v) is 11.9. The van der Waals surface area contributed by atoms with E-state index in [1.165, 1.54) is 0 Å². The lowest BCUT2D eigenvalue weighted by Gasteiger charge is -2.13. The Labute approximate surface area is 122 Å². The van der Waals surface area contributed by atoms with Crippen molar-refractivity contribution in [2.24, 2.45) is 0 Å². The molecule has 0 fully saturated rings. The SMILES string of the molecule is CCCc1cnc(N2Cc3cccc(C(=O)NO)c3C2)[nH]1. The molecule has 21 heavy (non-hydrogen) atoms. The number of imidazole rings is 1. The van der Waals surface area contributed by atoms with Gasteiger partial charge in [-0.1, -0.05) is 25.5 Å². The number of aryl methyl sites for hydroxylation is 1. The van der Waals surface area contributed by atoms with Crippen molar-refractivity contribution < 1.29 is 10.0 Å². The predicted molar refractivity (Wildman–Crippen MR) is 78.2 cm³/mol. The molecule has 0 spiro atoms. The van der Waals surface area contributed by atoms with Gasteiger partial charge in [0.2, 0.25) is 5.95 Å². The van der Waals surface area contributed by atoms with E-state index < -0.39 is 5.91 Å². The number of nitrogens with zero attached hydrogens (tertiary/aromatic N) is 2. The van der Waals surface area contributed by atoms with Crippen LogP contribution in [0.4, 0.5) is 5.95 Å². The maximum Gasteiger partial charge on any atom is 0.274 e. The second kappa shape index (κ2) is 5.57. The van der Waals surface area contributed by atoms with Crippen LogP contribution in [0.1, 0.15) is 40.5 Å². The fourth-order valence-electron chi connectivity index (χ4n) is 2.75. The molecule has 3 rings (SSSR count). The molecule has 2 heterocycles. The number of aromatic amines is 1. The van der Waals surface area contributed by atoms with E-state index >= 15 is 0 Å². The summed E-state index contributed by atoms with van der Waals surface area (Å²) in [5.74, 6) is 0.352. The summed E-state index contributed by atoms with van der Waals surface area (Å²) in [6, 6.07) is 5.55. The van der Waals surface area contributed by atoms with Gasteiger partial charge in [0.15, 0.2) is 0 Å². The molecule has 1 amide bonds. The van der Waals surface area contributed by atoms with E-state index in [0.717, 1.165) is 35.6 Å². The minimum absolute atomic E-state index is 0.472. The number of fused-ring (bicyclic) bond motifs is 1. The Morgan fingerprint density at radius 3 is 3.10 bits per heavy atom. The Balaban J connectivity index is 1.85. The summed E-state index contributed by atoms with van der Waals surface area (Å²) in [6.07, 6.45) is 3.91. The van der Waals surface area contributed by atoms with Crippen LogP contribution in [-0.2, 0) is 19.5 Å². The predicted octanol–water partition coefficient (Wildman–Crippen LogP) is 2.00. The Hall–Kier alpha value is -2.34. The van der Waals surface area contributed by atoms with Crippen molar-refractivity contribution >= 4 is 11.9 Å². The number of amides is 1. The van der Waals surface area contributed by atoms with Crippen molar-refractivity contribution in [1.29, 1.82) is 0 Å². The number of hydroxylamine groups is 1. The number of rotatable bonds is 4. The number of aromatic nitrogens is 2. The average Bonchev–Trinajstić information content (AvgIpc) is 3.12. The maximum atomic E-state index is 11.7. The monoisotopic (exact) mass is 286 g/mol. The number of hydrogen-bond acceptors (Lipinski definition) is 4. The smallest absolute Gasteiger partial charge is 0.274 e. The molecule has 1 aliphatic heterocycles. The zero-order chi connectivity index (χ0) is 14.8. The highest BCUT2D eigenvalue weighted by Crippen LogP contribution is 2.28. The standard InChI is InChI=1S/C15H18N4O2/c1-2-4-11-7-16-15(17-11)19-8-10-5-3-6-12(13(10)9-19)14(20)18-21/h3,5-7,21H,2,4,8-9H2,1H3,(H,16,17)(H,18,20). The van der Waals surface area contributed by atoms with E-state index in [-0.39, 0.29) is 0 Å². The Morgan fingerprint density at radius 1 is 1.48 bits per heavy atom. The first kappa shape index (κ1) is 13.6. The van der Waals surface area contributed by atoms with Crippen LogP contribution in [0.2, 0.25) is 0 Å². The van der Waals surface area contributed by atoms with Crippen molar-refractivity contribution in [2.45, 2.75) is 32.9 Å². The van der Waals surface area contributed by atoms with Crippen molar-refractivity contribution in [2.75, 3.05) is 4.90 Å². The molecule has 0 saturated carbocycles. The second-order valence-corrected chi connectivity index (χ2v) is 5.22. The second-order valence-electron chi connectivity index (χ2n) is 5.22. The van der Waals surface area contributed by atoms with Crippen LogP contribution in [0.25, 0.3) is 0 Å². The third-order valence-electron chi connectivity index (χ3n) is 3.76. The molecule has 6 nitrogen and oxygen atoms in total. The third kappa shape index (κ3) is 2.50. The van der Waals surface area contributed by atoms with Gasteiger partial charge in [0, 0.05) is 24.3 Å². The number of H-pyrrole nitrogens is 1. The quantitative estimate of drug-likeness (QED) is 0.593. The highest BCUT2D eigenvalue weighted by molar-refractivity contribution is 5.95. The summed E-state index contributed by atoms with van der Waals surface area (Å²) in [4.78, 5) is 21.5. The van der Waals surface area contributed by atoms with Crippen LogP contribution in [0, 0.1) is 0 Å². The molecule has 1 aliphatic rings. The average molecular weight is 286 g/mol. The summed E-state index contributed by atoms with van der Waals surface area (Å²) in [6.45, 7) is 3.45. The van der Waals surface area contributed by atoms with Gasteiger partial charge in [0.25, 0.3) is 5.91 Å². The minimum Gasteiger partial charge on any atom is -0.334 e. The maximum absolute atomic E-state index is 11.7. The lowest BCUT2D eigenvalue weighted by Crippen LogP contribution is -2.21. The molecule has 0 unspecified atom stereocenters. The molecule has 0 atom stereocenters. The Kier molecular flexibility index (Phi) is 3.62. The topological polar surface area (TPSA) is 81.2 Å². The lowest BCUT2D eigenvalue weighted by atomic mass is 10.0. The van der Waals surface area contributed by atoms with Crippen molar-refractivity contribution in [1.82, 2.24) is 15.4 Å². The molecule has 0 bridgehead atoms. The number of nitrogens with one attached hydrogen (secondary N) is 2. The summed E-state index contributed by atoms with van der Waals surface area (Å²) in [5.41, 5.74) is 5.37. The van der Waals surface area contributed by atoms with Crippen LogP contribution < -0.4 is 10.4 Å². The van der Waals surface area contributed by atoms with Crippen LogP contribution >= 0.6 is 0 Å². The van der Waals surface area contributed by atoms with Gasteiger partial charge in [0.1, 0.15) is 0 Å².